The van der Waals surface area contributed by atoms with Crippen molar-refractivity contribution in [3.05, 3.63) is 84.2 Å². The maximum Gasteiger partial charge on any atom is 0.309 e. The molecular formula is C27H27FN2O2. The second-order valence-electron chi connectivity index (χ2n) is 9.07. The molecule has 1 atom stereocenters. The molecule has 0 bridgehead atoms. The number of halogens is 1. The van der Waals surface area contributed by atoms with Crippen LogP contribution in [0.1, 0.15) is 38.3 Å². The highest BCUT2D eigenvalue weighted by atomic mass is 19.1. The Kier molecular flexibility index (Phi) is 6.17. The van der Waals surface area contributed by atoms with Gasteiger partial charge in [0.15, 0.2) is 0 Å². The van der Waals surface area contributed by atoms with Gasteiger partial charge in [0.2, 0.25) is 0 Å². The molecule has 0 aliphatic heterocycles. The number of hydrogen-bond donors (Lipinski definition) is 0. The molecule has 4 aromatic rings. The van der Waals surface area contributed by atoms with E-state index in [4.69, 9.17) is 4.74 Å². The number of ether oxygens (including phenoxy) is 1. The molecule has 32 heavy (non-hydrogen) atoms. The van der Waals surface area contributed by atoms with Crippen molar-refractivity contribution < 1.29 is 13.9 Å². The van der Waals surface area contributed by atoms with Crippen molar-refractivity contribution >= 4 is 27.5 Å². The van der Waals surface area contributed by atoms with E-state index in [2.05, 4.69) is 22.1 Å². The quantitative estimate of drug-likeness (QED) is 0.272. The summed E-state index contributed by atoms with van der Waals surface area (Å²) in [6, 6.07) is 13.3. The molecule has 1 aliphatic rings. The molecule has 0 fully saturated rings. The second kappa shape index (κ2) is 9.03. The fourth-order valence-electron chi connectivity index (χ4n) is 4.26. The number of rotatable bonds is 1. The number of fused-ring (bicyclic) bond motifs is 5. The van der Waals surface area contributed by atoms with E-state index < -0.39 is 5.60 Å². The van der Waals surface area contributed by atoms with Crippen LogP contribution >= 0.6 is 0 Å². The maximum absolute atomic E-state index is 14.1. The molecule has 0 radical (unpaired) electrons. The number of nitrogens with zero attached hydrogens (tertiary/aromatic N) is 2. The van der Waals surface area contributed by atoms with Crippen LogP contribution in [0.4, 0.5) is 4.39 Å². The lowest BCUT2D eigenvalue weighted by atomic mass is 9.81. The predicted molar refractivity (Wildman–Crippen MR) is 125 cm³/mol. The van der Waals surface area contributed by atoms with Crippen molar-refractivity contribution in [2.75, 3.05) is 0 Å². The highest BCUT2D eigenvalue weighted by Crippen LogP contribution is 2.36. The smallest absolute Gasteiger partial charge is 0.309 e. The van der Waals surface area contributed by atoms with Gasteiger partial charge >= 0.3 is 5.97 Å². The van der Waals surface area contributed by atoms with E-state index in [9.17, 15) is 9.18 Å². The lowest BCUT2D eigenvalue weighted by Gasteiger charge is -2.28. The molecule has 0 saturated carbocycles. The van der Waals surface area contributed by atoms with Gasteiger partial charge in [-0.25, -0.2) is 4.39 Å². The first-order valence-electron chi connectivity index (χ1n) is 10.9. The zero-order chi connectivity index (χ0) is 22.7. The monoisotopic (exact) mass is 430 g/mol. The molecule has 0 saturated heterocycles. The van der Waals surface area contributed by atoms with Crippen LogP contribution in [0.3, 0.4) is 0 Å². The van der Waals surface area contributed by atoms with E-state index in [1.165, 1.54) is 22.6 Å². The summed E-state index contributed by atoms with van der Waals surface area (Å²) in [4.78, 5) is 19.9. The fourth-order valence-corrected chi connectivity index (χ4v) is 4.26. The van der Waals surface area contributed by atoms with Gasteiger partial charge in [0.1, 0.15) is 11.4 Å². The molecule has 0 spiro atoms. The van der Waals surface area contributed by atoms with E-state index in [-0.39, 0.29) is 17.7 Å². The van der Waals surface area contributed by atoms with Crippen molar-refractivity contribution in [3.8, 4) is 0 Å². The summed E-state index contributed by atoms with van der Waals surface area (Å²) in [6.07, 6.45) is 8.90. The van der Waals surface area contributed by atoms with Crippen LogP contribution < -0.4 is 0 Å². The fraction of sp³-hybridized carbons (Fsp3) is 0.296. The first-order valence-corrected chi connectivity index (χ1v) is 10.9. The summed E-state index contributed by atoms with van der Waals surface area (Å²) in [5.41, 5.74) is 2.04. The Bertz CT molecular complexity index is 1220. The molecule has 5 heteroatoms. The normalized spacial score (nSPS) is 15.6. The highest BCUT2D eigenvalue weighted by molar-refractivity contribution is 6.09. The summed E-state index contributed by atoms with van der Waals surface area (Å²) >= 11 is 0. The van der Waals surface area contributed by atoms with Crippen LogP contribution in [-0.2, 0) is 22.4 Å². The van der Waals surface area contributed by atoms with Crippen molar-refractivity contribution in [3.63, 3.8) is 0 Å². The second-order valence-corrected chi connectivity index (χ2v) is 9.07. The molecule has 0 N–H and O–H groups in total. The van der Waals surface area contributed by atoms with Gasteiger partial charge in [-0.15, -0.1) is 0 Å². The Morgan fingerprint density at radius 1 is 0.906 bits per heavy atom. The zero-order valence-corrected chi connectivity index (χ0v) is 18.6. The SMILES string of the molecule is CC(C)(C)OC(=O)C1CCc2c(ccc3c2ccc2c(F)cccc23)C1.c1cnccn1. The number of aromatic nitrogens is 2. The van der Waals surface area contributed by atoms with Crippen LogP contribution in [0.25, 0.3) is 21.5 Å². The minimum Gasteiger partial charge on any atom is -0.460 e. The lowest BCUT2D eigenvalue weighted by molar-refractivity contribution is -0.160. The maximum atomic E-state index is 14.1. The average molecular weight is 431 g/mol. The summed E-state index contributed by atoms with van der Waals surface area (Å²) in [7, 11) is 0. The first-order chi connectivity index (χ1) is 15.3. The summed E-state index contributed by atoms with van der Waals surface area (Å²) < 4.78 is 19.6. The van der Waals surface area contributed by atoms with E-state index in [1.807, 2.05) is 39.0 Å². The minimum atomic E-state index is -0.455. The Balaban J connectivity index is 0.000000354. The molecule has 0 amide bonds. The Morgan fingerprint density at radius 3 is 2.19 bits per heavy atom. The van der Waals surface area contributed by atoms with Gasteiger partial charge in [-0.1, -0.05) is 36.4 Å². The van der Waals surface area contributed by atoms with Gasteiger partial charge in [-0.2, -0.15) is 0 Å². The van der Waals surface area contributed by atoms with Crippen molar-refractivity contribution in [1.29, 1.82) is 0 Å². The zero-order valence-electron chi connectivity index (χ0n) is 18.6. The number of hydrogen-bond acceptors (Lipinski definition) is 4. The third kappa shape index (κ3) is 4.77. The Morgan fingerprint density at radius 2 is 1.53 bits per heavy atom. The van der Waals surface area contributed by atoms with Crippen molar-refractivity contribution in [1.82, 2.24) is 9.97 Å². The minimum absolute atomic E-state index is 0.0860. The average Bonchev–Trinajstić information content (AvgIpc) is 2.79. The van der Waals surface area contributed by atoms with Crippen LogP contribution in [0, 0.1) is 11.7 Å². The summed E-state index contributed by atoms with van der Waals surface area (Å²) in [6.45, 7) is 5.71. The number of benzene rings is 3. The van der Waals surface area contributed by atoms with Crippen LogP contribution in [0.15, 0.2) is 67.3 Å². The molecule has 1 heterocycles. The Hall–Kier alpha value is -3.34. The molecule has 4 nitrogen and oxygen atoms in total. The standard InChI is InChI=1S/C23H23FO2.C4H4N2/c1-23(2,3)26-22(25)15-8-9-16-14(13-15)7-10-19-17-5-4-6-21(24)20(17)12-11-18(16)19;1-2-6-4-3-5-1/h4-7,10-12,15H,8-9,13H2,1-3H3;1-4H. The van der Waals surface area contributed by atoms with Gasteiger partial charge in [0, 0.05) is 30.2 Å². The number of esters is 1. The van der Waals surface area contributed by atoms with Gasteiger partial charge < -0.3 is 4.74 Å². The first kappa shape index (κ1) is 21.9. The Labute approximate surface area is 187 Å². The molecule has 1 aliphatic carbocycles. The number of carbonyl (C=O) groups is 1. The highest BCUT2D eigenvalue weighted by Gasteiger charge is 2.29. The van der Waals surface area contributed by atoms with Gasteiger partial charge in [-0.3, -0.25) is 14.8 Å². The number of aryl methyl sites for hydroxylation is 1. The third-order valence-corrected chi connectivity index (χ3v) is 5.64. The summed E-state index contributed by atoms with van der Waals surface area (Å²) in [5, 5.41) is 3.85. The largest absolute Gasteiger partial charge is 0.460 e. The van der Waals surface area contributed by atoms with Gasteiger partial charge in [-0.05, 0) is 73.4 Å². The predicted octanol–water partition coefficient (Wildman–Crippen LogP) is 6.06. The molecular weight excluding hydrogens is 403 g/mol. The van der Waals surface area contributed by atoms with E-state index in [1.54, 1.807) is 30.9 Å². The van der Waals surface area contributed by atoms with E-state index >= 15 is 0 Å². The molecule has 1 unspecified atom stereocenters. The topological polar surface area (TPSA) is 52.1 Å². The lowest BCUT2D eigenvalue weighted by Crippen LogP contribution is -2.31. The molecule has 1 aromatic heterocycles. The summed E-state index contributed by atoms with van der Waals surface area (Å²) in [5.74, 6) is -0.381. The van der Waals surface area contributed by atoms with Crippen LogP contribution in [0.2, 0.25) is 0 Å². The van der Waals surface area contributed by atoms with Crippen LogP contribution in [0.5, 0.6) is 0 Å². The molecule has 5 rings (SSSR count). The third-order valence-electron chi connectivity index (χ3n) is 5.64. The van der Waals surface area contributed by atoms with Crippen molar-refractivity contribution in [2.45, 2.75) is 45.6 Å². The van der Waals surface area contributed by atoms with Crippen LogP contribution in [-0.4, -0.2) is 21.5 Å². The van der Waals surface area contributed by atoms with Gasteiger partial charge in [0.05, 0.1) is 5.92 Å². The number of carbonyl (C=O) groups excluding carboxylic acids is 1. The van der Waals surface area contributed by atoms with Gasteiger partial charge in [0.25, 0.3) is 0 Å². The van der Waals surface area contributed by atoms with E-state index in [0.717, 1.165) is 23.6 Å². The molecule has 3 aromatic carbocycles. The van der Waals surface area contributed by atoms with E-state index in [0.29, 0.717) is 11.8 Å². The van der Waals surface area contributed by atoms with Crippen molar-refractivity contribution in [2.24, 2.45) is 5.92 Å². The molecule has 164 valence electrons.